The first-order chi connectivity index (χ1) is 12.4. The number of ether oxygens (including phenoxy) is 1. The minimum atomic E-state index is -0.789. The number of rotatable bonds is 6. The standard InChI is InChI=1S/C16H13Cl2FN4O3/c1-25-15-9(17)4-3-8(13(15)19)11-7-10(21)12(18)14(22-11)16(24)23-26-6-2-5-20/h3-4,7H,2,6H2,1H3,(H2,21,22)(H,23,24). The maximum absolute atomic E-state index is 14.6. The monoisotopic (exact) mass is 398 g/mol. The molecule has 1 amide bonds. The van der Waals surface area contributed by atoms with Crippen molar-refractivity contribution in [3.05, 3.63) is 39.8 Å². The van der Waals surface area contributed by atoms with E-state index in [2.05, 4.69) is 10.5 Å². The van der Waals surface area contributed by atoms with Gasteiger partial charge in [-0.2, -0.15) is 5.26 Å². The van der Waals surface area contributed by atoms with Gasteiger partial charge in [0.05, 0.1) is 47.6 Å². The lowest BCUT2D eigenvalue weighted by Gasteiger charge is -2.12. The van der Waals surface area contributed by atoms with Crippen molar-refractivity contribution in [2.45, 2.75) is 6.42 Å². The van der Waals surface area contributed by atoms with Gasteiger partial charge in [0, 0.05) is 5.56 Å². The van der Waals surface area contributed by atoms with Crippen LogP contribution in [0.1, 0.15) is 16.9 Å². The highest BCUT2D eigenvalue weighted by Crippen LogP contribution is 2.36. The van der Waals surface area contributed by atoms with Crippen LogP contribution in [-0.4, -0.2) is 24.6 Å². The molecule has 1 aromatic carbocycles. The number of nitrogens with one attached hydrogen (secondary N) is 1. The molecular formula is C16H13Cl2FN4O3. The van der Waals surface area contributed by atoms with Crippen molar-refractivity contribution in [2.75, 3.05) is 19.5 Å². The fraction of sp³-hybridized carbons (Fsp3) is 0.188. The van der Waals surface area contributed by atoms with E-state index in [0.29, 0.717) is 0 Å². The lowest BCUT2D eigenvalue weighted by Crippen LogP contribution is -2.26. The number of halogens is 3. The molecule has 1 aromatic heterocycles. The SMILES string of the molecule is COc1c(Cl)ccc(-c2cc(N)c(Cl)c(C(=O)NOCCC#N)n2)c1F. The number of nitrogen functional groups attached to an aromatic ring is 1. The zero-order valence-electron chi connectivity index (χ0n) is 13.5. The number of amides is 1. The molecule has 2 aromatic rings. The molecule has 0 spiro atoms. The van der Waals surface area contributed by atoms with E-state index in [1.54, 1.807) is 0 Å². The van der Waals surface area contributed by atoms with Gasteiger partial charge in [-0.25, -0.2) is 14.9 Å². The Hall–Kier alpha value is -2.60. The second-order valence-corrected chi connectivity index (χ2v) is 5.67. The Morgan fingerprint density at radius 2 is 2.19 bits per heavy atom. The van der Waals surface area contributed by atoms with E-state index in [4.69, 9.17) is 43.8 Å². The van der Waals surface area contributed by atoms with E-state index < -0.39 is 11.7 Å². The lowest BCUT2D eigenvalue weighted by atomic mass is 10.1. The second-order valence-electron chi connectivity index (χ2n) is 4.89. The number of hydroxylamine groups is 1. The Bertz CT molecular complexity index is 887. The molecule has 26 heavy (non-hydrogen) atoms. The summed E-state index contributed by atoms with van der Waals surface area (Å²) in [6.07, 6.45) is 0.0827. The number of carbonyl (C=O) groups is 1. The minimum Gasteiger partial charge on any atom is -0.492 e. The number of benzene rings is 1. The fourth-order valence-electron chi connectivity index (χ4n) is 2.02. The summed E-state index contributed by atoms with van der Waals surface area (Å²) in [6, 6.07) is 5.98. The maximum Gasteiger partial charge on any atom is 0.295 e. The number of hydrogen-bond donors (Lipinski definition) is 2. The van der Waals surface area contributed by atoms with Gasteiger partial charge >= 0.3 is 0 Å². The molecule has 10 heteroatoms. The second kappa shape index (κ2) is 8.67. The van der Waals surface area contributed by atoms with Crippen LogP contribution < -0.4 is 16.0 Å². The molecule has 0 aliphatic heterocycles. The summed E-state index contributed by atoms with van der Waals surface area (Å²) in [5, 5.41) is 8.40. The minimum absolute atomic E-state index is 0.0158. The number of carbonyl (C=O) groups excluding carboxylic acids is 1. The van der Waals surface area contributed by atoms with E-state index >= 15 is 0 Å². The average molecular weight is 399 g/mol. The molecular weight excluding hydrogens is 386 g/mol. The zero-order valence-corrected chi connectivity index (χ0v) is 15.0. The largest absolute Gasteiger partial charge is 0.492 e. The van der Waals surface area contributed by atoms with Crippen LogP contribution in [0.15, 0.2) is 18.2 Å². The van der Waals surface area contributed by atoms with Crippen LogP contribution in [0.4, 0.5) is 10.1 Å². The molecule has 0 aliphatic carbocycles. The van der Waals surface area contributed by atoms with Gasteiger partial charge in [0.15, 0.2) is 17.3 Å². The summed E-state index contributed by atoms with van der Waals surface area (Å²) in [4.78, 5) is 21.1. The van der Waals surface area contributed by atoms with Gasteiger partial charge < -0.3 is 10.5 Å². The zero-order chi connectivity index (χ0) is 19.3. The van der Waals surface area contributed by atoms with Crippen molar-refractivity contribution < 1.29 is 18.8 Å². The van der Waals surface area contributed by atoms with E-state index in [-0.39, 0.29) is 51.5 Å². The van der Waals surface area contributed by atoms with Gasteiger partial charge in [0.1, 0.15) is 0 Å². The van der Waals surface area contributed by atoms with Crippen LogP contribution in [0, 0.1) is 17.1 Å². The molecule has 136 valence electrons. The summed E-state index contributed by atoms with van der Waals surface area (Å²) in [5.41, 5.74) is 7.74. The Morgan fingerprint density at radius 3 is 2.85 bits per heavy atom. The van der Waals surface area contributed by atoms with E-state index in [9.17, 15) is 9.18 Å². The Kier molecular flexibility index (Phi) is 6.58. The number of anilines is 1. The van der Waals surface area contributed by atoms with Crippen molar-refractivity contribution in [1.29, 1.82) is 5.26 Å². The van der Waals surface area contributed by atoms with Crippen LogP contribution >= 0.6 is 23.2 Å². The first-order valence-corrected chi connectivity index (χ1v) is 7.93. The van der Waals surface area contributed by atoms with Crippen molar-refractivity contribution in [3.8, 4) is 23.1 Å². The summed E-state index contributed by atoms with van der Waals surface area (Å²) in [5.74, 6) is -1.71. The fourth-order valence-corrected chi connectivity index (χ4v) is 2.42. The molecule has 0 radical (unpaired) electrons. The Labute approximate surface area is 158 Å². The van der Waals surface area contributed by atoms with Crippen molar-refractivity contribution in [3.63, 3.8) is 0 Å². The summed E-state index contributed by atoms with van der Waals surface area (Å²) in [6.45, 7) is -0.0158. The third-order valence-corrected chi connectivity index (χ3v) is 3.91. The van der Waals surface area contributed by atoms with Crippen LogP contribution in [0.25, 0.3) is 11.3 Å². The molecule has 0 atom stereocenters. The quantitative estimate of drug-likeness (QED) is 0.569. The Morgan fingerprint density at radius 1 is 1.46 bits per heavy atom. The van der Waals surface area contributed by atoms with Gasteiger partial charge in [-0.05, 0) is 18.2 Å². The van der Waals surface area contributed by atoms with Gasteiger partial charge in [-0.15, -0.1) is 0 Å². The van der Waals surface area contributed by atoms with Crippen molar-refractivity contribution in [2.24, 2.45) is 0 Å². The van der Waals surface area contributed by atoms with Gasteiger partial charge in [0.2, 0.25) is 0 Å². The summed E-state index contributed by atoms with van der Waals surface area (Å²) in [7, 11) is 1.27. The smallest absolute Gasteiger partial charge is 0.295 e. The highest BCUT2D eigenvalue weighted by Gasteiger charge is 2.21. The van der Waals surface area contributed by atoms with E-state index in [0.717, 1.165) is 0 Å². The molecule has 7 nitrogen and oxygen atoms in total. The third-order valence-electron chi connectivity index (χ3n) is 3.21. The van der Waals surface area contributed by atoms with Crippen molar-refractivity contribution >= 4 is 34.8 Å². The molecule has 0 saturated heterocycles. The van der Waals surface area contributed by atoms with Gasteiger partial charge in [-0.3, -0.25) is 9.63 Å². The van der Waals surface area contributed by atoms with E-state index in [1.807, 2.05) is 6.07 Å². The van der Waals surface area contributed by atoms with E-state index in [1.165, 1.54) is 25.3 Å². The number of methoxy groups -OCH3 is 1. The highest BCUT2D eigenvalue weighted by molar-refractivity contribution is 6.36. The molecule has 3 N–H and O–H groups in total. The molecule has 0 saturated carbocycles. The average Bonchev–Trinajstić information content (AvgIpc) is 2.61. The van der Waals surface area contributed by atoms with Gasteiger partial charge in [0.25, 0.3) is 5.91 Å². The number of hydrogen-bond acceptors (Lipinski definition) is 6. The number of nitriles is 1. The van der Waals surface area contributed by atoms with Crippen LogP contribution in [-0.2, 0) is 4.84 Å². The highest BCUT2D eigenvalue weighted by atomic mass is 35.5. The number of pyridine rings is 1. The third kappa shape index (κ3) is 4.14. The molecule has 2 rings (SSSR count). The number of nitrogens with zero attached hydrogens (tertiary/aromatic N) is 2. The predicted molar refractivity (Wildman–Crippen MR) is 94.3 cm³/mol. The van der Waals surface area contributed by atoms with Crippen molar-refractivity contribution in [1.82, 2.24) is 10.5 Å². The van der Waals surface area contributed by atoms with Crippen LogP contribution in [0.5, 0.6) is 5.75 Å². The molecule has 1 heterocycles. The molecule has 0 aliphatic rings. The Balaban J connectivity index is 2.42. The number of aromatic nitrogens is 1. The normalized spacial score (nSPS) is 10.3. The molecule has 0 bridgehead atoms. The predicted octanol–water partition coefficient (Wildman–Crippen LogP) is 3.36. The maximum atomic E-state index is 14.6. The summed E-state index contributed by atoms with van der Waals surface area (Å²) < 4.78 is 19.5. The lowest BCUT2D eigenvalue weighted by molar-refractivity contribution is 0.0329. The molecule has 0 unspecified atom stereocenters. The molecule has 0 fully saturated rings. The first kappa shape index (κ1) is 19.7. The van der Waals surface area contributed by atoms with Gasteiger partial charge in [-0.1, -0.05) is 23.2 Å². The van der Waals surface area contributed by atoms with Crippen LogP contribution in [0.2, 0.25) is 10.0 Å². The van der Waals surface area contributed by atoms with Crippen LogP contribution in [0.3, 0.4) is 0 Å². The first-order valence-electron chi connectivity index (χ1n) is 7.18. The number of nitrogens with two attached hydrogens (primary N) is 1. The topological polar surface area (TPSA) is 110 Å². The summed E-state index contributed by atoms with van der Waals surface area (Å²) >= 11 is 11.9.